The molecule has 1 aromatic rings. The highest BCUT2D eigenvalue weighted by Gasteiger charge is 2.02. The minimum Gasteiger partial charge on any atom is -0.388 e. The second-order valence-electron chi connectivity index (χ2n) is 2.02. The molecular formula is C8H4N2O2S. The highest BCUT2D eigenvalue weighted by Crippen LogP contribution is 2.27. The monoisotopic (exact) mass is 192 g/mol. The van der Waals surface area contributed by atoms with Gasteiger partial charge in [-0.15, -0.1) is 23.2 Å². The lowest BCUT2D eigenvalue weighted by molar-refractivity contribution is 0.475. The van der Waals surface area contributed by atoms with Crippen molar-refractivity contribution in [2.45, 2.75) is 4.90 Å². The van der Waals surface area contributed by atoms with Gasteiger partial charge < -0.3 is 9.47 Å². The van der Waals surface area contributed by atoms with Crippen LogP contribution in [0.2, 0.25) is 0 Å². The molecule has 0 aliphatic carbocycles. The van der Waals surface area contributed by atoms with E-state index in [0.29, 0.717) is 10.6 Å². The Hall–Kier alpha value is -1.85. The quantitative estimate of drug-likeness (QED) is 0.572. The van der Waals surface area contributed by atoms with Crippen molar-refractivity contribution in [3.63, 3.8) is 0 Å². The molecule has 0 saturated heterocycles. The van der Waals surface area contributed by atoms with Crippen LogP contribution in [0.1, 0.15) is 0 Å². The van der Waals surface area contributed by atoms with E-state index >= 15 is 0 Å². The lowest BCUT2D eigenvalue weighted by Crippen LogP contribution is -1.86. The van der Waals surface area contributed by atoms with Crippen LogP contribution in [0, 0.1) is 23.0 Å². The summed E-state index contributed by atoms with van der Waals surface area (Å²) in [6, 6.07) is 4.53. The maximum atomic E-state index is 8.25. The van der Waals surface area contributed by atoms with Gasteiger partial charge in [0, 0.05) is 11.0 Å². The Kier molecular flexibility index (Phi) is 3.02. The van der Waals surface area contributed by atoms with E-state index in [1.165, 1.54) is 18.6 Å². The highest BCUT2D eigenvalue weighted by atomic mass is 32.1. The number of hydrogen-bond donors (Lipinski definition) is 1. The second-order valence-corrected chi connectivity index (χ2v) is 2.50. The molecule has 0 fully saturated rings. The zero-order chi connectivity index (χ0) is 9.68. The summed E-state index contributed by atoms with van der Waals surface area (Å²) in [7, 11) is 0. The molecule has 0 aliphatic rings. The molecule has 0 bridgehead atoms. The van der Waals surface area contributed by atoms with Crippen LogP contribution in [0.5, 0.6) is 11.5 Å². The third-order valence-corrected chi connectivity index (χ3v) is 1.62. The van der Waals surface area contributed by atoms with Crippen molar-refractivity contribution < 1.29 is 9.47 Å². The fourth-order valence-electron chi connectivity index (χ4n) is 0.742. The van der Waals surface area contributed by atoms with Crippen molar-refractivity contribution >= 4 is 12.6 Å². The van der Waals surface area contributed by atoms with E-state index in [0.717, 1.165) is 0 Å². The summed E-state index contributed by atoms with van der Waals surface area (Å²) in [4.78, 5) is 0.506. The first kappa shape index (κ1) is 9.24. The predicted molar refractivity (Wildman–Crippen MR) is 46.2 cm³/mol. The van der Waals surface area contributed by atoms with Gasteiger partial charge in [-0.1, -0.05) is 0 Å². The van der Waals surface area contributed by atoms with Gasteiger partial charge >= 0.3 is 0 Å². The fraction of sp³-hybridized carbons (Fsp3) is 0. The van der Waals surface area contributed by atoms with Gasteiger partial charge in [-0.25, -0.2) is 0 Å². The Bertz CT molecular complexity index is 392. The molecule has 1 rings (SSSR count). The Labute approximate surface area is 80.3 Å². The summed E-state index contributed by atoms with van der Waals surface area (Å²) in [5.74, 6) is 0.573. The zero-order valence-electron chi connectivity index (χ0n) is 6.39. The van der Waals surface area contributed by atoms with Gasteiger partial charge in [-0.3, -0.25) is 0 Å². The summed E-state index contributed by atoms with van der Waals surface area (Å²) in [5.41, 5.74) is 0. The van der Waals surface area contributed by atoms with Gasteiger partial charge in [-0.05, 0) is 12.1 Å². The van der Waals surface area contributed by atoms with Crippen LogP contribution >= 0.6 is 12.6 Å². The van der Waals surface area contributed by atoms with Crippen molar-refractivity contribution in [1.29, 1.82) is 10.5 Å². The predicted octanol–water partition coefficient (Wildman–Crippen LogP) is 1.70. The minimum absolute atomic E-state index is 0.263. The molecule has 0 amide bonds. The van der Waals surface area contributed by atoms with Crippen LogP contribution in [-0.2, 0) is 0 Å². The third-order valence-electron chi connectivity index (χ3n) is 1.25. The Balaban J connectivity index is 2.99. The van der Waals surface area contributed by atoms with Crippen molar-refractivity contribution in [1.82, 2.24) is 0 Å². The lowest BCUT2D eigenvalue weighted by Gasteiger charge is -2.01. The van der Waals surface area contributed by atoms with Crippen LogP contribution in [0.3, 0.4) is 0 Å². The fourth-order valence-corrected chi connectivity index (χ4v) is 0.926. The van der Waals surface area contributed by atoms with Gasteiger partial charge in [-0.2, -0.15) is 0 Å². The number of nitriles is 2. The number of thiol groups is 1. The maximum absolute atomic E-state index is 8.25. The molecule has 0 aromatic heterocycles. The van der Waals surface area contributed by atoms with Gasteiger partial charge in [0.15, 0.2) is 5.75 Å². The van der Waals surface area contributed by atoms with Gasteiger partial charge in [0.05, 0.1) is 0 Å². The number of ether oxygens (including phenoxy) is 2. The summed E-state index contributed by atoms with van der Waals surface area (Å²) in [5, 5.41) is 16.5. The molecule has 0 radical (unpaired) electrons. The molecular weight excluding hydrogens is 188 g/mol. The molecule has 5 heteroatoms. The highest BCUT2D eigenvalue weighted by molar-refractivity contribution is 7.80. The first-order valence-corrected chi connectivity index (χ1v) is 3.67. The largest absolute Gasteiger partial charge is 0.388 e. The van der Waals surface area contributed by atoms with Crippen molar-refractivity contribution in [2.24, 2.45) is 0 Å². The molecule has 0 aliphatic heterocycles. The van der Waals surface area contributed by atoms with Crippen LogP contribution in [0.15, 0.2) is 23.1 Å². The molecule has 0 spiro atoms. The van der Waals surface area contributed by atoms with Gasteiger partial charge in [0.25, 0.3) is 12.5 Å². The van der Waals surface area contributed by atoms with E-state index in [2.05, 4.69) is 22.1 Å². The Morgan fingerprint density at radius 3 is 2.46 bits per heavy atom. The Morgan fingerprint density at radius 2 is 1.85 bits per heavy atom. The van der Waals surface area contributed by atoms with E-state index in [1.54, 1.807) is 12.1 Å². The maximum Gasteiger partial charge on any atom is 0.292 e. The van der Waals surface area contributed by atoms with Crippen molar-refractivity contribution in [2.75, 3.05) is 0 Å². The molecule has 0 atom stereocenters. The van der Waals surface area contributed by atoms with E-state index in [-0.39, 0.29) is 5.75 Å². The molecule has 0 heterocycles. The molecule has 0 saturated carbocycles. The molecule has 13 heavy (non-hydrogen) atoms. The first-order valence-electron chi connectivity index (χ1n) is 3.23. The summed E-state index contributed by atoms with van der Waals surface area (Å²) >= 11 is 4.03. The molecule has 1 aromatic carbocycles. The van der Waals surface area contributed by atoms with E-state index in [4.69, 9.17) is 10.5 Å². The smallest absolute Gasteiger partial charge is 0.292 e. The average molecular weight is 192 g/mol. The van der Waals surface area contributed by atoms with Crippen molar-refractivity contribution in [3.05, 3.63) is 18.2 Å². The normalized spacial score (nSPS) is 8.23. The molecule has 64 valence electrons. The molecule has 0 N–H and O–H groups in total. The SMILES string of the molecule is N#COc1ccc(S)c(OC#N)c1. The van der Waals surface area contributed by atoms with E-state index < -0.39 is 0 Å². The van der Waals surface area contributed by atoms with Crippen LogP contribution < -0.4 is 9.47 Å². The standard InChI is InChI=1S/C8H4N2O2S/c9-4-11-6-1-2-8(13)7(3-6)12-5-10/h1-3,13H. The number of rotatable bonds is 2. The zero-order valence-corrected chi connectivity index (χ0v) is 7.28. The summed E-state index contributed by atoms with van der Waals surface area (Å²) in [6.45, 7) is 0. The van der Waals surface area contributed by atoms with Gasteiger partial charge in [0.2, 0.25) is 0 Å². The third kappa shape index (κ3) is 2.29. The average Bonchev–Trinajstić information content (AvgIpc) is 2.12. The second kappa shape index (κ2) is 4.24. The van der Waals surface area contributed by atoms with Crippen LogP contribution in [-0.4, -0.2) is 0 Å². The minimum atomic E-state index is 0.263. The Morgan fingerprint density at radius 1 is 1.15 bits per heavy atom. The summed E-state index contributed by atoms with van der Waals surface area (Å²) < 4.78 is 9.09. The van der Waals surface area contributed by atoms with E-state index in [9.17, 15) is 0 Å². The topological polar surface area (TPSA) is 66.0 Å². The number of hydrogen-bond acceptors (Lipinski definition) is 5. The molecule has 4 nitrogen and oxygen atoms in total. The lowest BCUT2D eigenvalue weighted by atomic mass is 10.3. The summed E-state index contributed by atoms with van der Waals surface area (Å²) in [6.07, 6.45) is 3.02. The van der Waals surface area contributed by atoms with Crippen molar-refractivity contribution in [3.8, 4) is 24.0 Å². The number of nitrogens with zero attached hydrogens (tertiary/aromatic N) is 2. The first-order chi connectivity index (χ1) is 6.27. The number of benzene rings is 1. The molecule has 0 unspecified atom stereocenters. The van der Waals surface area contributed by atoms with Gasteiger partial charge in [0.1, 0.15) is 5.75 Å². The van der Waals surface area contributed by atoms with E-state index in [1.807, 2.05) is 0 Å². The van der Waals surface area contributed by atoms with Crippen LogP contribution in [0.25, 0.3) is 0 Å². The van der Waals surface area contributed by atoms with Crippen LogP contribution in [0.4, 0.5) is 0 Å².